The number of nitrogens with zero attached hydrogens (tertiary/aromatic N) is 1. The van der Waals surface area contributed by atoms with Gasteiger partial charge in [-0.1, -0.05) is 20.3 Å². The van der Waals surface area contributed by atoms with Gasteiger partial charge in [-0.25, -0.2) is 0 Å². The minimum Gasteiger partial charge on any atom is -0.380 e. The maximum Gasteiger partial charge on any atom is 0.0670 e. The van der Waals surface area contributed by atoms with Crippen molar-refractivity contribution in [3.8, 4) is 0 Å². The molecule has 0 aromatic heterocycles. The van der Waals surface area contributed by atoms with Crippen molar-refractivity contribution in [1.82, 2.24) is 10.2 Å². The summed E-state index contributed by atoms with van der Waals surface area (Å²) in [6, 6.07) is 0.656. The molecule has 0 saturated carbocycles. The lowest BCUT2D eigenvalue weighted by Gasteiger charge is -2.48. The van der Waals surface area contributed by atoms with E-state index in [1.165, 1.54) is 19.3 Å². The Morgan fingerprint density at radius 2 is 2.18 bits per heavy atom. The van der Waals surface area contributed by atoms with Crippen LogP contribution in [0.1, 0.15) is 47.0 Å². The van der Waals surface area contributed by atoms with Crippen LogP contribution < -0.4 is 5.32 Å². The molecule has 1 rings (SSSR count). The van der Waals surface area contributed by atoms with Gasteiger partial charge in [0.1, 0.15) is 0 Å². The van der Waals surface area contributed by atoms with Gasteiger partial charge in [-0.15, -0.1) is 0 Å². The average molecular weight is 242 g/mol. The zero-order valence-corrected chi connectivity index (χ0v) is 12.3. The number of hydrogen-bond donors (Lipinski definition) is 1. The van der Waals surface area contributed by atoms with Crippen LogP contribution in [0.3, 0.4) is 0 Å². The van der Waals surface area contributed by atoms with Crippen molar-refractivity contribution in [2.45, 2.75) is 64.6 Å². The Morgan fingerprint density at radius 1 is 1.47 bits per heavy atom. The summed E-state index contributed by atoms with van der Waals surface area (Å²) in [6.07, 6.45) is 4.04. The van der Waals surface area contributed by atoms with E-state index in [9.17, 15) is 0 Å². The molecule has 1 saturated heterocycles. The molecule has 0 spiro atoms. The summed E-state index contributed by atoms with van der Waals surface area (Å²) in [5.41, 5.74) is 0.289. The Bertz CT molecular complexity index is 222. The molecule has 1 aliphatic rings. The van der Waals surface area contributed by atoms with Gasteiger partial charge in [-0.2, -0.15) is 0 Å². The number of piperazine rings is 1. The molecule has 1 fully saturated rings. The van der Waals surface area contributed by atoms with Crippen LogP contribution >= 0.6 is 0 Å². The highest BCUT2D eigenvalue weighted by Crippen LogP contribution is 2.24. The van der Waals surface area contributed by atoms with Gasteiger partial charge in [-0.05, 0) is 26.7 Å². The quantitative estimate of drug-likeness (QED) is 0.773. The number of nitrogens with one attached hydrogen (secondary N) is 1. The zero-order chi connectivity index (χ0) is 12.9. The van der Waals surface area contributed by atoms with Crippen LogP contribution in [-0.2, 0) is 4.74 Å². The first-order valence-corrected chi connectivity index (χ1v) is 7.07. The fourth-order valence-corrected chi connectivity index (χ4v) is 2.60. The van der Waals surface area contributed by atoms with E-state index in [0.29, 0.717) is 12.1 Å². The van der Waals surface area contributed by atoms with E-state index in [2.05, 4.69) is 37.9 Å². The van der Waals surface area contributed by atoms with Crippen molar-refractivity contribution < 1.29 is 4.74 Å². The molecule has 0 amide bonds. The van der Waals surface area contributed by atoms with Gasteiger partial charge in [0.15, 0.2) is 0 Å². The Kier molecular flexibility index (Phi) is 5.90. The van der Waals surface area contributed by atoms with Gasteiger partial charge in [0, 0.05) is 38.3 Å². The molecule has 1 heterocycles. The van der Waals surface area contributed by atoms with Crippen LogP contribution in [0.2, 0.25) is 0 Å². The molecular weight excluding hydrogens is 212 g/mol. The van der Waals surface area contributed by atoms with Crippen LogP contribution in [0.4, 0.5) is 0 Å². The molecule has 3 atom stereocenters. The van der Waals surface area contributed by atoms with Crippen LogP contribution in [0.5, 0.6) is 0 Å². The van der Waals surface area contributed by atoms with E-state index in [-0.39, 0.29) is 5.54 Å². The number of hydrogen-bond acceptors (Lipinski definition) is 3. The van der Waals surface area contributed by atoms with Crippen molar-refractivity contribution in [3.63, 3.8) is 0 Å². The fraction of sp³-hybridized carbons (Fsp3) is 1.00. The van der Waals surface area contributed by atoms with E-state index < -0.39 is 0 Å². The smallest absolute Gasteiger partial charge is 0.0670 e. The molecular formula is C14H30N2O. The lowest BCUT2D eigenvalue weighted by Crippen LogP contribution is -2.64. The second-order valence-corrected chi connectivity index (χ2v) is 5.67. The van der Waals surface area contributed by atoms with Gasteiger partial charge in [-0.3, -0.25) is 4.90 Å². The minimum absolute atomic E-state index is 0.289. The molecule has 0 aromatic rings. The first kappa shape index (κ1) is 14.9. The lowest BCUT2D eigenvalue weighted by molar-refractivity contribution is -0.00238. The highest BCUT2D eigenvalue weighted by molar-refractivity contribution is 4.95. The molecule has 3 heteroatoms. The summed E-state index contributed by atoms with van der Waals surface area (Å²) < 4.78 is 5.42. The second kappa shape index (κ2) is 6.72. The maximum absolute atomic E-state index is 5.42. The van der Waals surface area contributed by atoms with Gasteiger partial charge in [0.05, 0.1) is 6.10 Å². The first-order chi connectivity index (χ1) is 8.05. The Hall–Kier alpha value is -0.120. The molecule has 0 bridgehead atoms. The summed E-state index contributed by atoms with van der Waals surface area (Å²) in [5.74, 6) is 0. The second-order valence-electron chi connectivity index (χ2n) is 5.67. The van der Waals surface area contributed by atoms with Crippen molar-refractivity contribution in [3.05, 3.63) is 0 Å². The highest BCUT2D eigenvalue weighted by atomic mass is 16.5. The standard InChI is InChI=1S/C14H30N2O/c1-6-8-13-10-16(9-12(3)17-5)14(4,7-2)11-15-13/h12-13,15H,6-11H2,1-5H3. The molecule has 1 aliphatic heterocycles. The maximum atomic E-state index is 5.42. The average Bonchev–Trinajstić information content (AvgIpc) is 2.33. The largest absolute Gasteiger partial charge is 0.380 e. The Labute approximate surface area is 107 Å². The Morgan fingerprint density at radius 3 is 2.71 bits per heavy atom. The minimum atomic E-state index is 0.289. The van der Waals surface area contributed by atoms with Crippen LogP contribution in [0.25, 0.3) is 0 Å². The van der Waals surface area contributed by atoms with Crippen molar-refractivity contribution in [2.75, 3.05) is 26.7 Å². The van der Waals surface area contributed by atoms with Crippen LogP contribution in [-0.4, -0.2) is 49.3 Å². The number of methoxy groups -OCH3 is 1. The monoisotopic (exact) mass is 242 g/mol. The third kappa shape index (κ3) is 3.94. The molecule has 102 valence electrons. The molecule has 3 unspecified atom stereocenters. The summed E-state index contributed by atoms with van der Waals surface area (Å²) in [7, 11) is 1.81. The molecule has 1 N–H and O–H groups in total. The summed E-state index contributed by atoms with van der Waals surface area (Å²) in [6.45, 7) is 12.4. The van der Waals surface area contributed by atoms with E-state index in [0.717, 1.165) is 19.6 Å². The third-order valence-corrected chi connectivity index (χ3v) is 4.25. The van der Waals surface area contributed by atoms with E-state index in [1.54, 1.807) is 7.11 Å². The van der Waals surface area contributed by atoms with E-state index in [4.69, 9.17) is 4.74 Å². The van der Waals surface area contributed by atoms with Gasteiger partial charge in [0.2, 0.25) is 0 Å². The first-order valence-electron chi connectivity index (χ1n) is 7.07. The predicted molar refractivity (Wildman–Crippen MR) is 73.4 cm³/mol. The molecule has 3 nitrogen and oxygen atoms in total. The van der Waals surface area contributed by atoms with Gasteiger partial charge in [0.25, 0.3) is 0 Å². The van der Waals surface area contributed by atoms with Crippen molar-refractivity contribution in [2.24, 2.45) is 0 Å². The third-order valence-electron chi connectivity index (χ3n) is 4.25. The lowest BCUT2D eigenvalue weighted by atomic mass is 9.91. The van der Waals surface area contributed by atoms with Gasteiger partial charge >= 0.3 is 0 Å². The SMILES string of the molecule is CCCC1CN(CC(C)OC)C(C)(CC)CN1. The topological polar surface area (TPSA) is 24.5 Å². The summed E-state index contributed by atoms with van der Waals surface area (Å²) >= 11 is 0. The van der Waals surface area contributed by atoms with Crippen molar-refractivity contribution in [1.29, 1.82) is 0 Å². The molecule has 0 radical (unpaired) electrons. The Balaban J connectivity index is 2.62. The van der Waals surface area contributed by atoms with Crippen LogP contribution in [0.15, 0.2) is 0 Å². The van der Waals surface area contributed by atoms with Crippen LogP contribution in [0, 0.1) is 0 Å². The van der Waals surface area contributed by atoms with Gasteiger partial charge < -0.3 is 10.1 Å². The predicted octanol–water partition coefficient (Wildman–Crippen LogP) is 2.26. The number of ether oxygens (including phenoxy) is 1. The molecule has 0 aliphatic carbocycles. The number of rotatable bonds is 6. The summed E-state index contributed by atoms with van der Waals surface area (Å²) in [5, 5.41) is 3.70. The van der Waals surface area contributed by atoms with Crippen molar-refractivity contribution >= 4 is 0 Å². The van der Waals surface area contributed by atoms with E-state index in [1.807, 2.05) is 0 Å². The zero-order valence-electron chi connectivity index (χ0n) is 12.3. The van der Waals surface area contributed by atoms with E-state index >= 15 is 0 Å². The summed E-state index contributed by atoms with van der Waals surface area (Å²) in [4.78, 5) is 2.62. The molecule has 0 aromatic carbocycles. The fourth-order valence-electron chi connectivity index (χ4n) is 2.60. The molecule has 17 heavy (non-hydrogen) atoms. The highest BCUT2D eigenvalue weighted by Gasteiger charge is 2.36. The normalized spacial score (nSPS) is 32.6.